The van der Waals surface area contributed by atoms with Crippen LogP contribution in [0, 0.1) is 13.8 Å². The van der Waals surface area contributed by atoms with Gasteiger partial charge in [0.15, 0.2) is 0 Å². The highest BCUT2D eigenvalue weighted by atomic mass is 16.5. The van der Waals surface area contributed by atoms with Crippen LogP contribution in [0.2, 0.25) is 0 Å². The minimum Gasteiger partial charge on any atom is -0.373 e. The van der Waals surface area contributed by atoms with Gasteiger partial charge in [-0.25, -0.2) is 0 Å². The van der Waals surface area contributed by atoms with E-state index in [1.54, 1.807) is 0 Å². The van der Waals surface area contributed by atoms with Gasteiger partial charge >= 0.3 is 0 Å². The van der Waals surface area contributed by atoms with E-state index in [9.17, 15) is 0 Å². The molecule has 1 atom stereocenters. The largest absolute Gasteiger partial charge is 0.373 e. The predicted molar refractivity (Wildman–Crippen MR) is 98.3 cm³/mol. The third-order valence-electron chi connectivity index (χ3n) is 6.59. The Labute approximate surface area is 147 Å². The molecule has 1 unspecified atom stereocenters. The maximum atomic E-state index is 6.37. The Hall–Kier alpha value is -0.900. The molecule has 3 heterocycles. The number of hydrogen-bond acceptors (Lipinski definition) is 3. The molecule has 1 aromatic rings. The van der Waals surface area contributed by atoms with Crippen LogP contribution < -0.4 is 0 Å². The molecule has 3 fully saturated rings. The van der Waals surface area contributed by atoms with E-state index in [1.807, 2.05) is 0 Å². The third-order valence-corrected chi connectivity index (χ3v) is 6.59. The number of hydrogen-bond donors (Lipinski definition) is 0. The summed E-state index contributed by atoms with van der Waals surface area (Å²) in [7, 11) is 0. The number of ether oxygens (including phenoxy) is 1. The summed E-state index contributed by atoms with van der Waals surface area (Å²) in [5, 5.41) is 0. The predicted octanol–water partition coefficient (Wildman–Crippen LogP) is 3.52. The Balaban J connectivity index is 1.31. The molecule has 0 aliphatic carbocycles. The molecule has 0 aromatic heterocycles. The molecule has 0 radical (unpaired) electrons. The molecule has 0 amide bonds. The molecule has 3 aliphatic heterocycles. The normalized spacial score (nSPS) is 28.0. The molecular formula is C21H32N2O. The Kier molecular flexibility index (Phi) is 4.68. The zero-order valence-corrected chi connectivity index (χ0v) is 15.4. The second-order valence-electron chi connectivity index (χ2n) is 8.29. The van der Waals surface area contributed by atoms with E-state index in [2.05, 4.69) is 41.8 Å². The van der Waals surface area contributed by atoms with Crippen LogP contribution >= 0.6 is 0 Å². The van der Waals surface area contributed by atoms with Crippen molar-refractivity contribution in [3.63, 3.8) is 0 Å². The molecule has 132 valence electrons. The first-order valence-electron chi connectivity index (χ1n) is 9.80. The molecule has 1 spiro atoms. The van der Waals surface area contributed by atoms with Gasteiger partial charge in [0.1, 0.15) is 0 Å². The quantitative estimate of drug-likeness (QED) is 0.844. The lowest BCUT2D eigenvalue weighted by Gasteiger charge is -2.39. The highest BCUT2D eigenvalue weighted by Gasteiger charge is 2.44. The van der Waals surface area contributed by atoms with Crippen molar-refractivity contribution in [1.29, 1.82) is 0 Å². The molecule has 0 N–H and O–H groups in total. The summed E-state index contributed by atoms with van der Waals surface area (Å²) in [6.07, 6.45) is 6.45. The highest BCUT2D eigenvalue weighted by molar-refractivity contribution is 5.29. The fourth-order valence-electron chi connectivity index (χ4n) is 4.79. The maximum Gasteiger partial charge on any atom is 0.0723 e. The highest BCUT2D eigenvalue weighted by Crippen LogP contribution is 2.38. The van der Waals surface area contributed by atoms with E-state index < -0.39 is 0 Å². The van der Waals surface area contributed by atoms with Crippen molar-refractivity contribution in [2.24, 2.45) is 0 Å². The molecule has 3 heteroatoms. The minimum atomic E-state index is 0.187. The third kappa shape index (κ3) is 3.40. The zero-order chi connectivity index (χ0) is 16.6. The van der Waals surface area contributed by atoms with Crippen LogP contribution in [0.4, 0.5) is 0 Å². The van der Waals surface area contributed by atoms with Crippen LogP contribution in [0.25, 0.3) is 0 Å². The number of benzene rings is 1. The topological polar surface area (TPSA) is 15.7 Å². The summed E-state index contributed by atoms with van der Waals surface area (Å²) in [5.41, 5.74) is 4.45. The first kappa shape index (κ1) is 16.6. The van der Waals surface area contributed by atoms with Crippen molar-refractivity contribution in [2.45, 2.75) is 64.1 Å². The zero-order valence-electron chi connectivity index (χ0n) is 15.4. The number of rotatable bonds is 3. The first-order valence-corrected chi connectivity index (χ1v) is 9.80. The Bertz CT molecular complexity index is 571. The summed E-state index contributed by atoms with van der Waals surface area (Å²) < 4.78 is 6.37. The van der Waals surface area contributed by atoms with Gasteiger partial charge in [0, 0.05) is 25.7 Å². The van der Waals surface area contributed by atoms with Crippen LogP contribution in [-0.4, -0.2) is 54.2 Å². The summed E-state index contributed by atoms with van der Waals surface area (Å²) in [5.74, 6) is 0. The van der Waals surface area contributed by atoms with Gasteiger partial charge in [0.2, 0.25) is 0 Å². The Morgan fingerprint density at radius 1 is 1.04 bits per heavy atom. The van der Waals surface area contributed by atoms with Gasteiger partial charge in [0.25, 0.3) is 0 Å². The second kappa shape index (κ2) is 6.78. The first-order chi connectivity index (χ1) is 11.6. The lowest BCUT2D eigenvalue weighted by molar-refractivity contribution is -0.0452. The number of piperidine rings is 1. The van der Waals surface area contributed by atoms with Crippen molar-refractivity contribution < 1.29 is 4.74 Å². The fraction of sp³-hybridized carbons (Fsp3) is 0.714. The van der Waals surface area contributed by atoms with E-state index in [0.29, 0.717) is 6.04 Å². The van der Waals surface area contributed by atoms with Gasteiger partial charge in [-0.15, -0.1) is 0 Å². The summed E-state index contributed by atoms with van der Waals surface area (Å²) in [6, 6.07) is 7.60. The maximum absolute atomic E-state index is 6.37. The molecule has 24 heavy (non-hydrogen) atoms. The van der Waals surface area contributed by atoms with Crippen molar-refractivity contribution in [2.75, 3.05) is 32.8 Å². The monoisotopic (exact) mass is 328 g/mol. The van der Waals surface area contributed by atoms with Crippen molar-refractivity contribution in [3.8, 4) is 0 Å². The van der Waals surface area contributed by atoms with E-state index in [0.717, 1.165) is 13.2 Å². The average molecular weight is 329 g/mol. The smallest absolute Gasteiger partial charge is 0.0723 e. The van der Waals surface area contributed by atoms with E-state index in [-0.39, 0.29) is 5.60 Å². The summed E-state index contributed by atoms with van der Waals surface area (Å²) in [4.78, 5) is 5.29. The van der Waals surface area contributed by atoms with Gasteiger partial charge in [0.05, 0.1) is 12.2 Å². The minimum absolute atomic E-state index is 0.187. The van der Waals surface area contributed by atoms with E-state index in [1.165, 1.54) is 75.0 Å². The van der Waals surface area contributed by atoms with Crippen molar-refractivity contribution >= 4 is 0 Å². The molecule has 0 saturated carbocycles. The van der Waals surface area contributed by atoms with Gasteiger partial charge in [-0.3, -0.25) is 9.80 Å². The fourth-order valence-corrected chi connectivity index (χ4v) is 4.79. The van der Waals surface area contributed by atoms with Gasteiger partial charge in [-0.1, -0.05) is 18.2 Å². The lowest BCUT2D eigenvalue weighted by atomic mass is 9.87. The number of aryl methyl sites for hydroxylation is 2. The molecule has 4 rings (SSSR count). The summed E-state index contributed by atoms with van der Waals surface area (Å²) >= 11 is 0. The van der Waals surface area contributed by atoms with E-state index in [4.69, 9.17) is 4.74 Å². The molecule has 0 bridgehead atoms. The second-order valence-corrected chi connectivity index (χ2v) is 8.29. The lowest BCUT2D eigenvalue weighted by Crippen LogP contribution is -2.44. The van der Waals surface area contributed by atoms with Crippen LogP contribution in [0.5, 0.6) is 0 Å². The summed E-state index contributed by atoms with van der Waals surface area (Å²) in [6.45, 7) is 11.4. The van der Waals surface area contributed by atoms with Gasteiger partial charge in [-0.05, 0) is 75.7 Å². The molecular weight excluding hydrogens is 296 g/mol. The van der Waals surface area contributed by atoms with Crippen LogP contribution in [0.1, 0.15) is 48.8 Å². The van der Waals surface area contributed by atoms with Crippen molar-refractivity contribution in [3.05, 3.63) is 34.9 Å². The van der Waals surface area contributed by atoms with Gasteiger partial charge < -0.3 is 4.74 Å². The molecule has 3 aliphatic rings. The SMILES string of the molecule is Cc1ccc(CN2CCC3(CC2)CC(N2CCCC2)CO3)cc1C. The molecule has 1 aromatic carbocycles. The van der Waals surface area contributed by atoms with Gasteiger partial charge in [-0.2, -0.15) is 0 Å². The van der Waals surface area contributed by atoms with Crippen LogP contribution in [0.15, 0.2) is 18.2 Å². The van der Waals surface area contributed by atoms with E-state index >= 15 is 0 Å². The Morgan fingerprint density at radius 2 is 1.79 bits per heavy atom. The van der Waals surface area contributed by atoms with Crippen LogP contribution in [0.3, 0.4) is 0 Å². The molecule has 3 saturated heterocycles. The standard InChI is InChI=1S/C21H32N2O/c1-17-5-6-19(13-18(17)2)15-22-11-7-21(8-12-22)14-20(16-24-21)23-9-3-4-10-23/h5-6,13,20H,3-4,7-12,14-16H2,1-2H3. The van der Waals surface area contributed by atoms with Crippen LogP contribution in [-0.2, 0) is 11.3 Å². The number of likely N-dealkylation sites (tertiary alicyclic amines) is 2. The van der Waals surface area contributed by atoms with Crippen molar-refractivity contribution in [1.82, 2.24) is 9.80 Å². The molecule has 3 nitrogen and oxygen atoms in total. The number of nitrogens with zero attached hydrogens (tertiary/aromatic N) is 2. The average Bonchev–Trinajstić information content (AvgIpc) is 3.24. The Morgan fingerprint density at radius 3 is 2.50 bits per heavy atom.